The van der Waals surface area contributed by atoms with Crippen molar-refractivity contribution in [2.75, 3.05) is 18.1 Å². The number of ketones is 1. The van der Waals surface area contributed by atoms with E-state index in [0.717, 1.165) is 60.0 Å². The molecule has 0 N–H and O–H groups in total. The lowest BCUT2D eigenvalue weighted by molar-refractivity contribution is -0.121. The summed E-state index contributed by atoms with van der Waals surface area (Å²) in [7, 11) is 0. The fourth-order valence-corrected chi connectivity index (χ4v) is 6.11. The quantitative estimate of drug-likeness (QED) is 0.147. The number of aromatic nitrogens is 1. The van der Waals surface area contributed by atoms with Gasteiger partial charge in [-0.25, -0.2) is 14.7 Å². The molecule has 3 aromatic rings. The molecule has 2 heterocycles. The smallest absolute Gasteiger partial charge is 0.338 e. The highest BCUT2D eigenvalue weighted by atomic mass is 32.2. The number of carbonyl (C=O) groups excluding carboxylic acids is 4. The minimum absolute atomic E-state index is 0.0232. The number of imide groups is 1. The van der Waals surface area contributed by atoms with E-state index in [4.69, 9.17) is 14.5 Å². The molecule has 0 radical (unpaired) electrons. The zero-order chi connectivity index (χ0) is 29.6. The monoisotopic (exact) mass is 583 g/mol. The summed E-state index contributed by atoms with van der Waals surface area (Å²) >= 11 is 1.15. The lowest BCUT2D eigenvalue weighted by Gasteiger charge is -2.16. The van der Waals surface area contributed by atoms with Gasteiger partial charge < -0.3 is 9.47 Å². The van der Waals surface area contributed by atoms with Crippen molar-refractivity contribution >= 4 is 41.0 Å². The second kappa shape index (κ2) is 13.0. The number of Topliss-reactive ketones (excluding diaryl/α,β-unsaturated/α-hetero) is 1. The standard InChI is InChI=1S/C32H29N3O6S/c1-2-40-25-14-10-20(11-15-25)27(36)19-41-32(39)21-8-12-24(13-9-21)35-29(37)17-28(31(35)38)42-30-23(18-33)16-22-6-4-3-5-7-26(22)34-30/h8-16,28H,2-7,17,19H2,1H3. The fourth-order valence-electron chi connectivity index (χ4n) is 5.01. The summed E-state index contributed by atoms with van der Waals surface area (Å²) in [5, 5.41) is 9.48. The van der Waals surface area contributed by atoms with Crippen LogP contribution in [0.3, 0.4) is 0 Å². The van der Waals surface area contributed by atoms with Gasteiger partial charge in [0, 0.05) is 17.7 Å². The summed E-state index contributed by atoms with van der Waals surface area (Å²) in [5.74, 6) is -1.19. The van der Waals surface area contributed by atoms with Crippen molar-refractivity contribution in [3.63, 3.8) is 0 Å². The molecule has 5 rings (SSSR count). The molecular formula is C32H29N3O6S. The SMILES string of the molecule is CCOc1ccc(C(=O)COC(=O)c2ccc(N3C(=O)CC(Sc4nc5c(cc4C#N)CCCCC5)C3=O)cc2)cc1. The fraction of sp³-hybridized carbons (Fsp3) is 0.312. The van der Waals surface area contributed by atoms with Crippen molar-refractivity contribution in [2.45, 2.75) is 55.7 Å². The summed E-state index contributed by atoms with van der Waals surface area (Å²) in [5.41, 5.74) is 3.36. The van der Waals surface area contributed by atoms with E-state index in [2.05, 4.69) is 6.07 Å². The highest BCUT2D eigenvalue weighted by Crippen LogP contribution is 2.36. The highest BCUT2D eigenvalue weighted by molar-refractivity contribution is 8.00. The molecule has 2 aliphatic rings. The third-order valence-electron chi connectivity index (χ3n) is 7.18. The topological polar surface area (TPSA) is 127 Å². The van der Waals surface area contributed by atoms with Crippen LogP contribution < -0.4 is 9.64 Å². The summed E-state index contributed by atoms with van der Waals surface area (Å²) in [6.45, 7) is 1.94. The van der Waals surface area contributed by atoms with E-state index in [1.54, 1.807) is 24.3 Å². The molecule has 1 atom stereocenters. The lowest BCUT2D eigenvalue weighted by atomic mass is 10.1. The summed E-state index contributed by atoms with van der Waals surface area (Å²) in [6.07, 6.45) is 4.92. The summed E-state index contributed by atoms with van der Waals surface area (Å²) in [6, 6.07) is 16.5. The van der Waals surface area contributed by atoms with Gasteiger partial charge >= 0.3 is 5.97 Å². The molecular weight excluding hydrogens is 554 g/mol. The number of fused-ring (bicyclic) bond motifs is 1. The van der Waals surface area contributed by atoms with Gasteiger partial charge in [0.05, 0.1) is 28.7 Å². The van der Waals surface area contributed by atoms with Crippen LogP contribution in [0.25, 0.3) is 0 Å². The second-order valence-corrected chi connectivity index (χ2v) is 11.2. The maximum Gasteiger partial charge on any atom is 0.338 e. The number of carbonyl (C=O) groups is 4. The third kappa shape index (κ3) is 6.37. The van der Waals surface area contributed by atoms with Crippen LogP contribution in [0, 0.1) is 11.3 Å². The van der Waals surface area contributed by atoms with Crippen LogP contribution in [0.5, 0.6) is 5.75 Å². The molecule has 2 amide bonds. The number of nitriles is 1. The zero-order valence-corrected chi connectivity index (χ0v) is 23.9. The molecule has 0 spiro atoms. The molecule has 42 heavy (non-hydrogen) atoms. The molecule has 1 aliphatic carbocycles. The number of nitrogens with zero attached hydrogens (tertiary/aromatic N) is 3. The van der Waals surface area contributed by atoms with Crippen molar-refractivity contribution in [2.24, 2.45) is 0 Å². The molecule has 2 aromatic carbocycles. The maximum atomic E-state index is 13.3. The van der Waals surface area contributed by atoms with Crippen LogP contribution in [0.15, 0.2) is 59.6 Å². The van der Waals surface area contributed by atoms with Crippen LogP contribution >= 0.6 is 11.8 Å². The molecule has 0 bridgehead atoms. The van der Waals surface area contributed by atoms with E-state index < -0.39 is 23.7 Å². The first-order valence-electron chi connectivity index (χ1n) is 13.9. The third-order valence-corrected chi connectivity index (χ3v) is 8.37. The Morgan fingerprint density at radius 1 is 1.02 bits per heavy atom. The summed E-state index contributed by atoms with van der Waals surface area (Å²) < 4.78 is 10.5. The van der Waals surface area contributed by atoms with Crippen LogP contribution in [0.1, 0.15) is 70.1 Å². The Labute approximate surface area is 247 Å². The summed E-state index contributed by atoms with van der Waals surface area (Å²) in [4.78, 5) is 56.9. The van der Waals surface area contributed by atoms with Crippen LogP contribution in [-0.4, -0.2) is 47.0 Å². The Morgan fingerprint density at radius 2 is 1.74 bits per heavy atom. The van der Waals surface area contributed by atoms with Gasteiger partial charge in [-0.2, -0.15) is 5.26 Å². The van der Waals surface area contributed by atoms with Crippen molar-refractivity contribution in [3.8, 4) is 11.8 Å². The molecule has 1 fully saturated rings. The normalized spacial score (nSPS) is 16.4. The number of ether oxygens (including phenoxy) is 2. The number of esters is 1. The first kappa shape index (κ1) is 29.0. The zero-order valence-electron chi connectivity index (χ0n) is 23.1. The minimum atomic E-state index is -0.709. The van der Waals surface area contributed by atoms with E-state index in [-0.39, 0.29) is 23.7 Å². The molecule has 214 valence electrons. The average Bonchev–Trinajstić information content (AvgIpc) is 3.13. The highest BCUT2D eigenvalue weighted by Gasteiger charge is 2.41. The molecule has 1 aliphatic heterocycles. The van der Waals surface area contributed by atoms with Gasteiger partial charge in [0.25, 0.3) is 0 Å². The number of pyridine rings is 1. The Hall–Kier alpha value is -4.49. The lowest BCUT2D eigenvalue weighted by Crippen LogP contribution is -2.31. The van der Waals surface area contributed by atoms with E-state index in [9.17, 15) is 24.4 Å². The van der Waals surface area contributed by atoms with Gasteiger partial charge in [0.2, 0.25) is 11.8 Å². The minimum Gasteiger partial charge on any atom is -0.494 e. The van der Waals surface area contributed by atoms with E-state index >= 15 is 0 Å². The number of amides is 2. The van der Waals surface area contributed by atoms with Gasteiger partial charge in [0.15, 0.2) is 12.4 Å². The second-order valence-electron chi connectivity index (χ2n) is 10.0. The molecule has 10 heteroatoms. The van der Waals surface area contributed by atoms with Gasteiger partial charge in [-0.05, 0) is 92.8 Å². The van der Waals surface area contributed by atoms with Crippen molar-refractivity contribution in [3.05, 3.63) is 82.5 Å². The van der Waals surface area contributed by atoms with Gasteiger partial charge in [0.1, 0.15) is 16.8 Å². The van der Waals surface area contributed by atoms with E-state index in [1.165, 1.54) is 24.3 Å². The van der Waals surface area contributed by atoms with Crippen LogP contribution in [-0.2, 0) is 27.2 Å². The predicted molar refractivity (Wildman–Crippen MR) is 156 cm³/mol. The Morgan fingerprint density at radius 3 is 2.45 bits per heavy atom. The first-order valence-corrected chi connectivity index (χ1v) is 14.8. The number of aryl methyl sites for hydroxylation is 2. The van der Waals surface area contributed by atoms with E-state index in [1.807, 2.05) is 13.0 Å². The number of rotatable bonds is 9. The van der Waals surface area contributed by atoms with Crippen molar-refractivity contribution in [1.29, 1.82) is 5.26 Å². The maximum absolute atomic E-state index is 13.3. The molecule has 1 aromatic heterocycles. The van der Waals surface area contributed by atoms with Gasteiger partial charge in [-0.15, -0.1) is 0 Å². The Balaban J connectivity index is 1.21. The van der Waals surface area contributed by atoms with Crippen molar-refractivity contribution < 1.29 is 28.7 Å². The molecule has 1 unspecified atom stereocenters. The number of benzene rings is 2. The average molecular weight is 584 g/mol. The predicted octanol–water partition coefficient (Wildman–Crippen LogP) is 5.08. The Kier molecular flexibility index (Phi) is 8.98. The van der Waals surface area contributed by atoms with Gasteiger partial charge in [-0.3, -0.25) is 14.4 Å². The van der Waals surface area contributed by atoms with Crippen molar-refractivity contribution in [1.82, 2.24) is 4.98 Å². The number of thioether (sulfide) groups is 1. The number of anilines is 1. The van der Waals surface area contributed by atoms with E-state index in [0.29, 0.717) is 34.2 Å². The van der Waals surface area contributed by atoms with Crippen LogP contribution in [0.4, 0.5) is 5.69 Å². The first-order chi connectivity index (χ1) is 20.4. The molecule has 0 saturated carbocycles. The molecule has 1 saturated heterocycles. The largest absolute Gasteiger partial charge is 0.494 e. The Bertz CT molecular complexity index is 1560. The van der Waals surface area contributed by atoms with Crippen LogP contribution in [0.2, 0.25) is 0 Å². The van der Waals surface area contributed by atoms with Gasteiger partial charge in [-0.1, -0.05) is 18.2 Å². The number of hydrogen-bond donors (Lipinski definition) is 0. The number of hydrogen-bond acceptors (Lipinski definition) is 9. The molecule has 9 nitrogen and oxygen atoms in total.